The first-order valence-electron chi connectivity index (χ1n) is 13.7. The molecular formula is C34H33N3O5. The highest BCUT2D eigenvalue weighted by Crippen LogP contribution is 2.40. The van der Waals surface area contributed by atoms with Gasteiger partial charge in [-0.15, -0.1) is 0 Å². The number of aromatic nitrogens is 2. The van der Waals surface area contributed by atoms with E-state index in [9.17, 15) is 19.2 Å². The van der Waals surface area contributed by atoms with Crippen molar-refractivity contribution in [2.45, 2.75) is 52.4 Å². The molecule has 0 radical (unpaired) electrons. The van der Waals surface area contributed by atoms with Crippen molar-refractivity contribution in [2.24, 2.45) is 0 Å². The fourth-order valence-electron chi connectivity index (χ4n) is 4.97. The highest BCUT2D eigenvalue weighted by Gasteiger charge is 2.29. The first-order valence-corrected chi connectivity index (χ1v) is 13.7. The predicted molar refractivity (Wildman–Crippen MR) is 166 cm³/mol. The van der Waals surface area contributed by atoms with Crippen LogP contribution in [0.2, 0.25) is 0 Å². The molecule has 2 heterocycles. The number of esters is 1. The summed E-state index contributed by atoms with van der Waals surface area (Å²) in [6.07, 6.45) is 2.75. The van der Waals surface area contributed by atoms with E-state index in [0.717, 1.165) is 11.1 Å². The Morgan fingerprint density at radius 2 is 1.19 bits per heavy atom. The molecule has 0 aliphatic carbocycles. The Balaban J connectivity index is 1.60. The van der Waals surface area contributed by atoms with Gasteiger partial charge in [-0.1, -0.05) is 65.8 Å². The van der Waals surface area contributed by atoms with Crippen molar-refractivity contribution < 1.29 is 14.3 Å². The summed E-state index contributed by atoms with van der Waals surface area (Å²) >= 11 is 0. The summed E-state index contributed by atoms with van der Waals surface area (Å²) in [6.45, 7) is 12.0. The number of carbonyl (C=O) groups excluding carboxylic acids is 2. The molecule has 0 aliphatic rings. The molecule has 42 heavy (non-hydrogen) atoms. The summed E-state index contributed by atoms with van der Waals surface area (Å²) in [5.41, 5.74) is 1.25. The Kier molecular flexibility index (Phi) is 7.10. The average molecular weight is 564 g/mol. The Morgan fingerprint density at radius 1 is 0.690 bits per heavy atom. The molecule has 0 saturated heterocycles. The van der Waals surface area contributed by atoms with Gasteiger partial charge in [0.15, 0.2) is 0 Å². The number of H-pyrrole nitrogens is 2. The zero-order valence-corrected chi connectivity index (χ0v) is 24.5. The van der Waals surface area contributed by atoms with E-state index in [1.807, 2.05) is 47.6 Å². The normalized spacial score (nSPS) is 12.0. The standard InChI is InChI=1S/C34H33N3O5/c1-33(2,3)23-15-24(34(4,5)6)28(42-32(41)22-18-36-26-14-10-8-12-20(26)30(22)39)16-27(23)37-31(40)21-17-35-25-13-9-7-11-19(25)29(21)38/h7-18H,1-6H3,(H,35,38)(H,36,39)(H,37,40). The lowest BCUT2D eigenvalue weighted by Gasteiger charge is -2.29. The lowest BCUT2D eigenvalue weighted by molar-refractivity contribution is 0.0730. The molecule has 0 atom stereocenters. The van der Waals surface area contributed by atoms with Crippen LogP contribution in [-0.4, -0.2) is 21.8 Å². The van der Waals surface area contributed by atoms with Gasteiger partial charge in [0.2, 0.25) is 10.9 Å². The van der Waals surface area contributed by atoms with Gasteiger partial charge in [-0.3, -0.25) is 14.4 Å². The summed E-state index contributed by atoms with van der Waals surface area (Å²) in [6, 6.07) is 17.4. The minimum atomic E-state index is -0.820. The van der Waals surface area contributed by atoms with Gasteiger partial charge >= 0.3 is 5.97 Å². The number of benzene rings is 3. The molecule has 214 valence electrons. The maximum atomic E-state index is 13.5. The molecule has 5 aromatic rings. The molecule has 8 nitrogen and oxygen atoms in total. The third-order valence-corrected chi connectivity index (χ3v) is 7.23. The molecule has 2 aromatic heterocycles. The summed E-state index contributed by atoms with van der Waals surface area (Å²) < 4.78 is 5.89. The molecule has 0 fully saturated rings. The van der Waals surface area contributed by atoms with Crippen molar-refractivity contribution in [2.75, 3.05) is 5.32 Å². The van der Waals surface area contributed by atoms with E-state index >= 15 is 0 Å². The number of para-hydroxylation sites is 2. The van der Waals surface area contributed by atoms with Gasteiger partial charge in [-0.25, -0.2) is 4.79 Å². The number of hydrogen-bond acceptors (Lipinski definition) is 5. The molecule has 0 spiro atoms. The van der Waals surface area contributed by atoms with Crippen LogP contribution in [0, 0.1) is 0 Å². The molecule has 8 heteroatoms. The van der Waals surface area contributed by atoms with Crippen LogP contribution < -0.4 is 20.9 Å². The molecule has 5 rings (SSSR count). The zero-order valence-electron chi connectivity index (χ0n) is 24.5. The Hall–Kier alpha value is -4.98. The van der Waals surface area contributed by atoms with Crippen molar-refractivity contribution in [3.8, 4) is 5.75 Å². The number of aromatic amines is 2. The number of carbonyl (C=O) groups is 2. The largest absolute Gasteiger partial charge is 0.422 e. The zero-order chi connectivity index (χ0) is 30.4. The number of ether oxygens (including phenoxy) is 1. The maximum absolute atomic E-state index is 13.5. The van der Waals surface area contributed by atoms with Gasteiger partial charge in [0, 0.05) is 51.5 Å². The summed E-state index contributed by atoms with van der Waals surface area (Å²) in [5.74, 6) is -1.21. The minimum absolute atomic E-state index is 0.0466. The second-order valence-corrected chi connectivity index (χ2v) is 12.4. The van der Waals surface area contributed by atoms with Gasteiger partial charge in [-0.05, 0) is 46.7 Å². The van der Waals surface area contributed by atoms with E-state index in [2.05, 4.69) is 15.3 Å². The first-order chi connectivity index (χ1) is 19.8. The predicted octanol–water partition coefficient (Wildman–Crippen LogP) is 6.44. The van der Waals surface area contributed by atoms with Crippen LogP contribution in [0.1, 0.15) is 73.4 Å². The van der Waals surface area contributed by atoms with Crippen molar-refractivity contribution in [1.29, 1.82) is 0 Å². The topological polar surface area (TPSA) is 121 Å². The molecule has 1 amide bonds. The molecule has 0 saturated carbocycles. The van der Waals surface area contributed by atoms with Crippen LogP contribution in [0.5, 0.6) is 5.75 Å². The van der Waals surface area contributed by atoms with E-state index in [1.165, 1.54) is 12.4 Å². The lowest BCUT2D eigenvalue weighted by Crippen LogP contribution is -2.26. The van der Waals surface area contributed by atoms with E-state index < -0.39 is 33.6 Å². The molecule has 0 unspecified atom stereocenters. The van der Waals surface area contributed by atoms with Crippen LogP contribution in [0.25, 0.3) is 21.8 Å². The lowest BCUT2D eigenvalue weighted by atomic mass is 9.79. The van der Waals surface area contributed by atoms with E-state index in [-0.39, 0.29) is 16.9 Å². The summed E-state index contributed by atoms with van der Waals surface area (Å²) in [7, 11) is 0. The number of amides is 1. The third kappa shape index (κ3) is 5.35. The molecule has 3 N–H and O–H groups in total. The number of fused-ring (bicyclic) bond motifs is 2. The van der Waals surface area contributed by atoms with Crippen molar-refractivity contribution in [3.63, 3.8) is 0 Å². The number of hydrogen-bond donors (Lipinski definition) is 3. The van der Waals surface area contributed by atoms with Crippen LogP contribution in [0.4, 0.5) is 5.69 Å². The van der Waals surface area contributed by atoms with Crippen LogP contribution in [0.3, 0.4) is 0 Å². The van der Waals surface area contributed by atoms with E-state index in [0.29, 0.717) is 27.5 Å². The molecular weight excluding hydrogens is 530 g/mol. The molecule has 0 bridgehead atoms. The summed E-state index contributed by atoms with van der Waals surface area (Å²) in [5, 5.41) is 3.67. The van der Waals surface area contributed by atoms with Crippen molar-refractivity contribution >= 4 is 39.4 Å². The average Bonchev–Trinajstić information content (AvgIpc) is 2.92. The highest BCUT2D eigenvalue weighted by atomic mass is 16.5. The molecule has 3 aromatic carbocycles. The maximum Gasteiger partial charge on any atom is 0.349 e. The van der Waals surface area contributed by atoms with Gasteiger partial charge in [0.05, 0.1) is 0 Å². The summed E-state index contributed by atoms with van der Waals surface area (Å²) in [4.78, 5) is 59.1. The van der Waals surface area contributed by atoms with Crippen LogP contribution >= 0.6 is 0 Å². The van der Waals surface area contributed by atoms with E-state index in [1.54, 1.807) is 54.6 Å². The fraction of sp³-hybridized carbons (Fsp3) is 0.235. The van der Waals surface area contributed by atoms with Crippen LogP contribution in [-0.2, 0) is 10.8 Å². The highest BCUT2D eigenvalue weighted by molar-refractivity contribution is 6.06. The number of nitrogens with one attached hydrogen (secondary N) is 3. The van der Waals surface area contributed by atoms with Gasteiger partial charge in [-0.2, -0.15) is 0 Å². The van der Waals surface area contributed by atoms with E-state index in [4.69, 9.17) is 4.74 Å². The number of rotatable bonds is 4. The smallest absolute Gasteiger partial charge is 0.349 e. The Bertz CT molecular complexity index is 1850. The number of anilines is 1. The monoisotopic (exact) mass is 563 g/mol. The second kappa shape index (κ2) is 10.4. The quantitative estimate of drug-likeness (QED) is 0.172. The number of pyridine rings is 2. The van der Waals surface area contributed by atoms with Crippen molar-refractivity contribution in [1.82, 2.24) is 9.97 Å². The van der Waals surface area contributed by atoms with Gasteiger partial charge < -0.3 is 20.0 Å². The van der Waals surface area contributed by atoms with Gasteiger partial charge in [0.1, 0.15) is 16.9 Å². The first kappa shape index (κ1) is 28.5. The SMILES string of the molecule is CC(C)(C)c1cc(C(C)(C)C)c(OC(=O)c2c[nH]c3ccccc3c2=O)cc1NC(=O)c1c[nH]c2ccccc2c1=O. The fourth-order valence-corrected chi connectivity index (χ4v) is 4.97. The van der Waals surface area contributed by atoms with Crippen molar-refractivity contribution in [3.05, 3.63) is 116 Å². The Morgan fingerprint density at radius 3 is 1.74 bits per heavy atom. The minimum Gasteiger partial charge on any atom is -0.422 e. The van der Waals surface area contributed by atoms with Crippen LogP contribution in [0.15, 0.2) is 82.6 Å². The Labute approximate surface area is 242 Å². The third-order valence-electron chi connectivity index (χ3n) is 7.23. The van der Waals surface area contributed by atoms with Gasteiger partial charge in [0.25, 0.3) is 5.91 Å². The molecule has 0 aliphatic heterocycles. The second-order valence-electron chi connectivity index (χ2n) is 12.4.